The van der Waals surface area contributed by atoms with Crippen LogP contribution >= 0.6 is 15.9 Å². The summed E-state index contributed by atoms with van der Waals surface area (Å²) in [5.41, 5.74) is 1.53. The third-order valence-electron chi connectivity index (χ3n) is 2.53. The molecule has 0 fully saturated rings. The number of carbonyl (C=O) groups is 1. The van der Waals surface area contributed by atoms with E-state index < -0.39 is 10.0 Å². The highest BCUT2D eigenvalue weighted by Crippen LogP contribution is 2.17. The van der Waals surface area contributed by atoms with Crippen LogP contribution in [0.5, 0.6) is 0 Å². The lowest BCUT2D eigenvalue weighted by Gasteiger charge is -2.07. The van der Waals surface area contributed by atoms with E-state index in [0.717, 1.165) is 10.7 Å². The number of rotatable bonds is 4. The topological polar surface area (TPSA) is 75.3 Å². The minimum absolute atomic E-state index is 0.265. The molecule has 0 spiro atoms. The second-order valence-electron chi connectivity index (χ2n) is 4.42. The van der Waals surface area contributed by atoms with Gasteiger partial charge < -0.3 is 5.32 Å². The molecule has 2 aromatic rings. The minimum atomic E-state index is -3.32. The van der Waals surface area contributed by atoms with Crippen molar-refractivity contribution >= 4 is 43.2 Å². The van der Waals surface area contributed by atoms with Gasteiger partial charge in [-0.1, -0.05) is 22.0 Å². The Labute approximate surface area is 131 Å². The van der Waals surface area contributed by atoms with Crippen molar-refractivity contribution in [2.24, 2.45) is 0 Å². The highest BCUT2D eigenvalue weighted by atomic mass is 79.9. The van der Waals surface area contributed by atoms with Gasteiger partial charge in [0.15, 0.2) is 0 Å². The van der Waals surface area contributed by atoms with Crippen LogP contribution in [-0.4, -0.2) is 20.6 Å². The fourth-order valence-corrected chi connectivity index (χ4v) is 2.64. The first kappa shape index (κ1) is 15.5. The number of hydrogen-bond donors (Lipinski definition) is 2. The summed E-state index contributed by atoms with van der Waals surface area (Å²) in [4.78, 5) is 12.1. The van der Waals surface area contributed by atoms with E-state index in [1.165, 1.54) is 12.1 Å². The van der Waals surface area contributed by atoms with Gasteiger partial charge in [0.05, 0.1) is 6.26 Å². The molecular weight excluding hydrogens is 356 g/mol. The van der Waals surface area contributed by atoms with Crippen molar-refractivity contribution < 1.29 is 13.2 Å². The van der Waals surface area contributed by atoms with Gasteiger partial charge in [0, 0.05) is 21.4 Å². The molecule has 2 N–H and O–H groups in total. The Kier molecular flexibility index (Phi) is 4.64. The number of sulfonamides is 1. The van der Waals surface area contributed by atoms with Gasteiger partial charge in [-0.3, -0.25) is 9.52 Å². The van der Waals surface area contributed by atoms with E-state index >= 15 is 0 Å². The number of amides is 1. The maximum absolute atomic E-state index is 12.1. The van der Waals surface area contributed by atoms with Gasteiger partial charge in [0.25, 0.3) is 5.91 Å². The van der Waals surface area contributed by atoms with Crippen molar-refractivity contribution in [2.45, 2.75) is 0 Å². The van der Waals surface area contributed by atoms with E-state index in [0.29, 0.717) is 16.9 Å². The maximum atomic E-state index is 12.1. The molecule has 0 aromatic heterocycles. The molecule has 1 amide bonds. The molecule has 0 aliphatic carbocycles. The largest absolute Gasteiger partial charge is 0.322 e. The van der Waals surface area contributed by atoms with Crippen LogP contribution in [0.25, 0.3) is 0 Å². The number of benzene rings is 2. The quantitative estimate of drug-likeness (QED) is 0.870. The van der Waals surface area contributed by atoms with E-state index in [1.807, 2.05) is 12.1 Å². The Morgan fingerprint density at radius 2 is 1.71 bits per heavy atom. The smallest absolute Gasteiger partial charge is 0.255 e. The highest BCUT2D eigenvalue weighted by molar-refractivity contribution is 9.10. The normalized spacial score (nSPS) is 11.0. The van der Waals surface area contributed by atoms with E-state index in [-0.39, 0.29) is 5.91 Å². The fraction of sp³-hybridized carbons (Fsp3) is 0.0714. The average Bonchev–Trinajstić information content (AvgIpc) is 2.37. The molecule has 110 valence electrons. The summed E-state index contributed by atoms with van der Waals surface area (Å²) in [6.45, 7) is 0. The van der Waals surface area contributed by atoms with Gasteiger partial charge in [-0.05, 0) is 42.5 Å². The number of halogens is 1. The lowest BCUT2D eigenvalue weighted by Crippen LogP contribution is -2.12. The molecule has 0 radical (unpaired) electrons. The van der Waals surface area contributed by atoms with Crippen molar-refractivity contribution in [3.05, 3.63) is 58.6 Å². The molecule has 0 heterocycles. The molecule has 0 bridgehead atoms. The summed E-state index contributed by atoms with van der Waals surface area (Å²) in [5.74, 6) is -0.265. The zero-order chi connectivity index (χ0) is 15.5. The molecule has 0 saturated carbocycles. The lowest BCUT2D eigenvalue weighted by molar-refractivity contribution is 0.102. The first-order valence-electron chi connectivity index (χ1n) is 5.98. The fourth-order valence-electron chi connectivity index (χ4n) is 1.67. The van der Waals surface area contributed by atoms with E-state index in [2.05, 4.69) is 26.0 Å². The van der Waals surface area contributed by atoms with Crippen molar-refractivity contribution in [1.29, 1.82) is 0 Å². The number of carbonyl (C=O) groups excluding carboxylic acids is 1. The predicted octanol–water partition coefficient (Wildman–Crippen LogP) is 3.07. The van der Waals surface area contributed by atoms with E-state index in [9.17, 15) is 13.2 Å². The molecule has 21 heavy (non-hydrogen) atoms. The van der Waals surface area contributed by atoms with Crippen LogP contribution in [0, 0.1) is 0 Å². The van der Waals surface area contributed by atoms with E-state index in [1.54, 1.807) is 24.3 Å². The van der Waals surface area contributed by atoms with Gasteiger partial charge >= 0.3 is 0 Å². The number of hydrogen-bond acceptors (Lipinski definition) is 3. The first-order chi connectivity index (χ1) is 9.83. The zero-order valence-electron chi connectivity index (χ0n) is 11.1. The molecule has 2 aromatic carbocycles. The van der Waals surface area contributed by atoms with Crippen LogP contribution in [-0.2, 0) is 10.0 Å². The van der Waals surface area contributed by atoms with Gasteiger partial charge in [0.2, 0.25) is 10.0 Å². The Bertz CT molecular complexity index is 758. The Morgan fingerprint density at radius 1 is 1.05 bits per heavy atom. The molecule has 0 aliphatic rings. The Hall–Kier alpha value is -1.86. The average molecular weight is 369 g/mol. The van der Waals surface area contributed by atoms with E-state index in [4.69, 9.17) is 0 Å². The zero-order valence-corrected chi connectivity index (χ0v) is 13.5. The number of anilines is 2. The molecule has 0 aliphatic heterocycles. The second-order valence-corrected chi connectivity index (χ2v) is 7.08. The van der Waals surface area contributed by atoms with Crippen LogP contribution in [0.3, 0.4) is 0 Å². The summed E-state index contributed by atoms with van der Waals surface area (Å²) < 4.78 is 25.4. The van der Waals surface area contributed by atoms with Gasteiger partial charge in [-0.25, -0.2) is 8.42 Å². The summed E-state index contributed by atoms with van der Waals surface area (Å²) in [5, 5.41) is 2.76. The first-order valence-corrected chi connectivity index (χ1v) is 8.67. The SMILES string of the molecule is CS(=O)(=O)Nc1ccc(C(=O)Nc2cccc(Br)c2)cc1. The predicted molar refractivity (Wildman–Crippen MR) is 87.0 cm³/mol. The van der Waals surface area contributed by atoms with Gasteiger partial charge in [-0.15, -0.1) is 0 Å². The Balaban J connectivity index is 2.10. The van der Waals surface area contributed by atoms with Crippen molar-refractivity contribution in [1.82, 2.24) is 0 Å². The maximum Gasteiger partial charge on any atom is 0.255 e. The standard InChI is InChI=1S/C14H13BrN2O3S/c1-21(19,20)17-12-7-5-10(6-8-12)14(18)16-13-4-2-3-11(15)9-13/h2-9,17H,1H3,(H,16,18). The summed E-state index contributed by atoms with van der Waals surface area (Å²) >= 11 is 3.33. The van der Waals surface area contributed by atoms with Crippen LogP contribution in [0.15, 0.2) is 53.0 Å². The van der Waals surface area contributed by atoms with Crippen LogP contribution in [0.1, 0.15) is 10.4 Å². The molecular formula is C14H13BrN2O3S. The summed E-state index contributed by atoms with van der Waals surface area (Å²) in [7, 11) is -3.32. The third-order valence-corrected chi connectivity index (χ3v) is 3.63. The summed E-state index contributed by atoms with van der Waals surface area (Å²) in [6.07, 6.45) is 1.07. The molecule has 0 atom stereocenters. The molecule has 7 heteroatoms. The van der Waals surface area contributed by atoms with Crippen LogP contribution in [0.2, 0.25) is 0 Å². The lowest BCUT2D eigenvalue weighted by atomic mass is 10.2. The molecule has 2 rings (SSSR count). The molecule has 5 nitrogen and oxygen atoms in total. The van der Waals surface area contributed by atoms with Gasteiger partial charge in [-0.2, -0.15) is 0 Å². The highest BCUT2D eigenvalue weighted by Gasteiger charge is 2.07. The third kappa shape index (κ3) is 4.87. The second kappa shape index (κ2) is 6.28. The molecule has 0 saturated heterocycles. The van der Waals surface area contributed by atoms with Crippen molar-refractivity contribution in [2.75, 3.05) is 16.3 Å². The number of nitrogens with one attached hydrogen (secondary N) is 2. The van der Waals surface area contributed by atoms with Crippen LogP contribution < -0.4 is 10.0 Å². The van der Waals surface area contributed by atoms with Gasteiger partial charge in [0.1, 0.15) is 0 Å². The minimum Gasteiger partial charge on any atom is -0.322 e. The van der Waals surface area contributed by atoms with Crippen molar-refractivity contribution in [3.8, 4) is 0 Å². The van der Waals surface area contributed by atoms with Crippen LogP contribution in [0.4, 0.5) is 11.4 Å². The Morgan fingerprint density at radius 3 is 2.29 bits per heavy atom. The molecule has 0 unspecified atom stereocenters. The summed E-state index contributed by atoms with van der Waals surface area (Å²) in [6, 6.07) is 13.4. The van der Waals surface area contributed by atoms with Crippen molar-refractivity contribution in [3.63, 3.8) is 0 Å². The monoisotopic (exact) mass is 368 g/mol.